The number of pyridine rings is 3. The van der Waals surface area contributed by atoms with Gasteiger partial charge in [0.15, 0.2) is 0 Å². The van der Waals surface area contributed by atoms with E-state index < -0.39 is 0 Å². The van der Waals surface area contributed by atoms with Crippen molar-refractivity contribution in [1.29, 1.82) is 0 Å². The highest BCUT2D eigenvalue weighted by molar-refractivity contribution is 5.97. The average molecular weight is 453 g/mol. The number of aromatic nitrogens is 3. The van der Waals surface area contributed by atoms with Gasteiger partial charge in [0, 0.05) is 48.9 Å². The van der Waals surface area contributed by atoms with E-state index in [1.54, 1.807) is 33.9 Å². The first-order chi connectivity index (χ1) is 16.6. The maximum atomic E-state index is 13.7. The minimum atomic E-state index is -0.326. The second-order valence-electron chi connectivity index (χ2n) is 9.26. The molecule has 7 heteroatoms. The van der Waals surface area contributed by atoms with Crippen molar-refractivity contribution >= 4 is 16.9 Å². The van der Waals surface area contributed by atoms with Crippen LogP contribution in [0.1, 0.15) is 34.0 Å². The van der Waals surface area contributed by atoms with Crippen molar-refractivity contribution in [3.05, 3.63) is 110 Å². The molecule has 5 heterocycles. The summed E-state index contributed by atoms with van der Waals surface area (Å²) in [4.78, 5) is 45.8. The highest BCUT2D eigenvalue weighted by atomic mass is 16.2. The van der Waals surface area contributed by atoms with E-state index in [1.807, 2.05) is 53.1 Å². The van der Waals surface area contributed by atoms with E-state index in [0.29, 0.717) is 31.8 Å². The number of likely N-dealkylation sites (tertiary alicyclic amines) is 1. The Morgan fingerprint density at radius 2 is 1.79 bits per heavy atom. The van der Waals surface area contributed by atoms with Crippen molar-refractivity contribution in [2.24, 2.45) is 5.92 Å². The molecule has 34 heavy (non-hydrogen) atoms. The van der Waals surface area contributed by atoms with Crippen LogP contribution in [0.4, 0.5) is 0 Å². The fraction of sp³-hybridized carbons (Fsp3) is 0.259. The summed E-state index contributed by atoms with van der Waals surface area (Å²) in [5.41, 5.74) is 2.37. The summed E-state index contributed by atoms with van der Waals surface area (Å²) >= 11 is 0. The Bertz CT molecular complexity index is 1520. The molecule has 2 atom stereocenters. The molecule has 0 aliphatic carbocycles. The van der Waals surface area contributed by atoms with Crippen molar-refractivity contribution in [1.82, 2.24) is 19.0 Å². The van der Waals surface area contributed by atoms with Crippen molar-refractivity contribution in [2.45, 2.75) is 25.4 Å². The molecule has 4 aromatic rings. The topological polar surface area (TPSA) is 77.2 Å². The Hall–Kier alpha value is -4.00. The van der Waals surface area contributed by atoms with Crippen molar-refractivity contribution in [2.75, 3.05) is 13.1 Å². The summed E-state index contributed by atoms with van der Waals surface area (Å²) in [6.07, 6.45) is 2.61. The van der Waals surface area contributed by atoms with E-state index in [2.05, 4.69) is 4.98 Å². The van der Waals surface area contributed by atoms with Gasteiger partial charge in [0.05, 0.1) is 6.54 Å². The number of benzene rings is 1. The number of hydrogen-bond acceptors (Lipinski definition) is 4. The first-order valence-corrected chi connectivity index (χ1v) is 11.6. The Morgan fingerprint density at radius 3 is 2.65 bits per heavy atom. The van der Waals surface area contributed by atoms with Crippen LogP contribution in [-0.4, -0.2) is 38.0 Å². The zero-order valence-electron chi connectivity index (χ0n) is 18.6. The normalized spacial score (nSPS) is 19.1. The second-order valence-corrected chi connectivity index (χ2v) is 9.26. The van der Waals surface area contributed by atoms with Gasteiger partial charge in [0.25, 0.3) is 17.0 Å². The maximum Gasteiger partial charge on any atom is 0.265 e. The van der Waals surface area contributed by atoms with Crippen LogP contribution in [0.15, 0.2) is 82.5 Å². The number of fused-ring (bicyclic) bond motifs is 5. The number of carbonyl (C=O) groups excluding carboxylic acids is 1. The van der Waals surface area contributed by atoms with Gasteiger partial charge < -0.3 is 9.47 Å². The molecular weight excluding hydrogens is 428 g/mol. The molecule has 1 aromatic carbocycles. The van der Waals surface area contributed by atoms with Gasteiger partial charge in [-0.3, -0.25) is 19.0 Å². The van der Waals surface area contributed by atoms with Crippen LogP contribution in [0.5, 0.6) is 0 Å². The minimum Gasteiger partial charge on any atom is -0.337 e. The summed E-state index contributed by atoms with van der Waals surface area (Å²) in [5.74, 6) is 0.0435. The lowest BCUT2D eigenvalue weighted by molar-refractivity contribution is 0.0592. The molecule has 0 N–H and O–H groups in total. The Balaban J connectivity index is 1.39. The van der Waals surface area contributed by atoms with E-state index in [-0.39, 0.29) is 34.4 Å². The van der Waals surface area contributed by atoms with E-state index in [0.717, 1.165) is 23.1 Å². The molecular formula is C27H24N4O3. The standard InChI is InChI=1S/C27H24N4O3/c32-24-10-4-9-23-21-12-19(16-30(23)24)14-29(17-21)26(33)22-13-20-8-5-11-28-25(20)31(27(22)34)15-18-6-2-1-3-7-18/h1-11,13,19,21H,12,14-17H2. The minimum absolute atomic E-state index is 0.0119. The third-order valence-corrected chi connectivity index (χ3v) is 7.03. The molecule has 2 bridgehead atoms. The van der Waals surface area contributed by atoms with Gasteiger partial charge in [-0.1, -0.05) is 36.4 Å². The van der Waals surface area contributed by atoms with Gasteiger partial charge in [0.1, 0.15) is 11.2 Å². The zero-order valence-corrected chi connectivity index (χ0v) is 18.6. The van der Waals surface area contributed by atoms with Crippen molar-refractivity contribution < 1.29 is 4.79 Å². The third-order valence-electron chi connectivity index (χ3n) is 7.03. The van der Waals surface area contributed by atoms with Gasteiger partial charge >= 0.3 is 0 Å². The molecule has 0 radical (unpaired) electrons. The summed E-state index contributed by atoms with van der Waals surface area (Å²) in [6.45, 7) is 1.99. The largest absolute Gasteiger partial charge is 0.337 e. The summed E-state index contributed by atoms with van der Waals surface area (Å²) in [7, 11) is 0. The predicted molar refractivity (Wildman–Crippen MR) is 129 cm³/mol. The monoisotopic (exact) mass is 452 g/mol. The number of carbonyl (C=O) groups is 1. The first kappa shape index (κ1) is 20.6. The Morgan fingerprint density at radius 1 is 0.941 bits per heavy atom. The van der Waals surface area contributed by atoms with Crippen LogP contribution in [-0.2, 0) is 13.1 Å². The van der Waals surface area contributed by atoms with E-state index in [9.17, 15) is 14.4 Å². The van der Waals surface area contributed by atoms with Crippen LogP contribution in [0.3, 0.4) is 0 Å². The lowest BCUT2D eigenvalue weighted by Crippen LogP contribution is -2.50. The fourth-order valence-corrected chi connectivity index (χ4v) is 5.50. The molecule has 3 aromatic heterocycles. The van der Waals surface area contributed by atoms with Crippen LogP contribution in [0.2, 0.25) is 0 Å². The van der Waals surface area contributed by atoms with Gasteiger partial charge in [-0.25, -0.2) is 4.98 Å². The highest BCUT2D eigenvalue weighted by Crippen LogP contribution is 2.35. The molecule has 1 fully saturated rings. The third kappa shape index (κ3) is 3.44. The van der Waals surface area contributed by atoms with Crippen LogP contribution in [0.25, 0.3) is 11.0 Å². The number of nitrogens with zero attached hydrogens (tertiary/aromatic N) is 4. The molecule has 2 unspecified atom stereocenters. The van der Waals surface area contributed by atoms with E-state index in [1.165, 1.54) is 0 Å². The first-order valence-electron chi connectivity index (χ1n) is 11.6. The Kier molecular flexibility index (Phi) is 4.90. The SMILES string of the molecule is O=C(c1cc2cccnc2n(Cc2ccccc2)c1=O)N1CC2CC(C1)c1cccc(=O)n1C2. The molecule has 0 saturated carbocycles. The predicted octanol–water partition coefficient (Wildman–Crippen LogP) is 2.87. The van der Waals surface area contributed by atoms with Gasteiger partial charge in [0.2, 0.25) is 0 Å². The van der Waals surface area contributed by atoms with Gasteiger partial charge in [-0.05, 0) is 42.2 Å². The molecule has 6 rings (SSSR count). The zero-order chi connectivity index (χ0) is 23.2. The molecule has 1 saturated heterocycles. The van der Waals surface area contributed by atoms with Crippen molar-refractivity contribution in [3.8, 4) is 0 Å². The van der Waals surface area contributed by atoms with Crippen molar-refractivity contribution in [3.63, 3.8) is 0 Å². The lowest BCUT2D eigenvalue weighted by Gasteiger charge is -2.42. The summed E-state index contributed by atoms with van der Waals surface area (Å²) in [5, 5.41) is 0.760. The summed E-state index contributed by atoms with van der Waals surface area (Å²) in [6, 6.07) is 20.4. The van der Waals surface area contributed by atoms with E-state index in [4.69, 9.17) is 0 Å². The van der Waals surface area contributed by atoms with Crippen LogP contribution in [0, 0.1) is 5.92 Å². The molecule has 170 valence electrons. The second kappa shape index (κ2) is 8.09. The smallest absolute Gasteiger partial charge is 0.265 e. The summed E-state index contributed by atoms with van der Waals surface area (Å²) < 4.78 is 3.44. The van der Waals surface area contributed by atoms with E-state index >= 15 is 0 Å². The molecule has 0 spiro atoms. The molecule has 1 amide bonds. The maximum absolute atomic E-state index is 13.7. The average Bonchev–Trinajstić information content (AvgIpc) is 2.86. The number of rotatable bonds is 3. The Labute approximate surface area is 195 Å². The van der Waals surface area contributed by atoms with Crippen LogP contribution < -0.4 is 11.1 Å². The molecule has 2 aliphatic rings. The number of hydrogen-bond donors (Lipinski definition) is 0. The molecule has 7 nitrogen and oxygen atoms in total. The lowest BCUT2D eigenvalue weighted by atomic mass is 9.83. The van der Waals surface area contributed by atoms with Gasteiger partial charge in [-0.2, -0.15) is 0 Å². The number of amides is 1. The quantitative estimate of drug-likeness (QED) is 0.479. The fourth-order valence-electron chi connectivity index (χ4n) is 5.50. The van der Waals surface area contributed by atoms with Crippen LogP contribution >= 0.6 is 0 Å². The highest BCUT2D eigenvalue weighted by Gasteiger charge is 2.37. The van der Waals surface area contributed by atoms with Gasteiger partial charge in [-0.15, -0.1) is 0 Å². The number of piperidine rings is 1. The molecule has 2 aliphatic heterocycles.